The molecule has 0 saturated carbocycles. The summed E-state index contributed by atoms with van der Waals surface area (Å²) < 4.78 is 2.09. The largest absolute Gasteiger partial charge is 0.336 e. The van der Waals surface area contributed by atoms with Gasteiger partial charge in [0.05, 0.1) is 23.8 Å². The Morgan fingerprint density at radius 1 is 1.53 bits per heavy atom. The second kappa shape index (κ2) is 3.06. The van der Waals surface area contributed by atoms with Gasteiger partial charge in [0.1, 0.15) is 0 Å². The Hall–Kier alpha value is -0.870. The van der Waals surface area contributed by atoms with Crippen LogP contribution in [0.5, 0.6) is 0 Å². The topological polar surface area (TPSA) is 55.9 Å². The zero-order valence-electron chi connectivity index (χ0n) is 9.16. The molecule has 4 heteroatoms. The van der Waals surface area contributed by atoms with Gasteiger partial charge in [-0.25, -0.2) is 4.98 Å². The van der Waals surface area contributed by atoms with E-state index >= 15 is 0 Å². The first kappa shape index (κ1) is 9.36. The number of piperidine rings is 1. The van der Waals surface area contributed by atoms with E-state index in [0.717, 1.165) is 19.5 Å². The molecule has 3 N–H and O–H groups in total. The van der Waals surface area contributed by atoms with Crippen LogP contribution in [0.25, 0.3) is 0 Å². The molecule has 1 spiro atoms. The lowest BCUT2D eigenvalue weighted by molar-refractivity contribution is 0.169. The number of fused-ring (bicyclic) bond motifs is 1. The molecule has 0 radical (unpaired) electrons. The SMILES string of the molecule is Cn1cnc2c1C(N)C1(CCNCC1)C2. The van der Waals surface area contributed by atoms with Crippen LogP contribution in [-0.2, 0) is 13.5 Å². The van der Waals surface area contributed by atoms with Crippen molar-refractivity contribution >= 4 is 0 Å². The van der Waals surface area contributed by atoms with E-state index < -0.39 is 0 Å². The Kier molecular flexibility index (Phi) is 1.91. The zero-order valence-corrected chi connectivity index (χ0v) is 9.16. The number of nitrogens with zero attached hydrogens (tertiary/aromatic N) is 2. The standard InChI is InChI=1S/C11H18N4/c1-15-7-14-8-6-11(10(12)9(8)15)2-4-13-5-3-11/h7,10,13H,2-6,12H2,1H3. The second-order valence-corrected chi connectivity index (χ2v) is 4.95. The minimum absolute atomic E-state index is 0.182. The molecule has 1 aromatic rings. The molecule has 2 heterocycles. The van der Waals surface area contributed by atoms with Crippen LogP contribution in [0.15, 0.2) is 6.33 Å². The van der Waals surface area contributed by atoms with Crippen molar-refractivity contribution in [3.05, 3.63) is 17.7 Å². The van der Waals surface area contributed by atoms with Crippen molar-refractivity contribution in [2.75, 3.05) is 13.1 Å². The highest BCUT2D eigenvalue weighted by Crippen LogP contribution is 2.48. The van der Waals surface area contributed by atoms with Crippen LogP contribution in [-0.4, -0.2) is 22.6 Å². The molecule has 15 heavy (non-hydrogen) atoms. The molecule has 1 unspecified atom stereocenters. The molecule has 1 aromatic heterocycles. The normalized spacial score (nSPS) is 28.3. The van der Waals surface area contributed by atoms with E-state index in [9.17, 15) is 0 Å². The molecule has 0 amide bonds. The first-order valence-corrected chi connectivity index (χ1v) is 5.69. The third-order valence-electron chi connectivity index (χ3n) is 4.14. The van der Waals surface area contributed by atoms with E-state index in [4.69, 9.17) is 5.73 Å². The van der Waals surface area contributed by atoms with Crippen molar-refractivity contribution in [1.82, 2.24) is 14.9 Å². The third-order valence-corrected chi connectivity index (χ3v) is 4.14. The smallest absolute Gasteiger partial charge is 0.0949 e. The Morgan fingerprint density at radius 2 is 2.27 bits per heavy atom. The highest BCUT2D eigenvalue weighted by atomic mass is 15.1. The molecule has 1 fully saturated rings. The van der Waals surface area contributed by atoms with E-state index in [0.29, 0.717) is 5.41 Å². The van der Waals surface area contributed by atoms with Crippen LogP contribution in [0.3, 0.4) is 0 Å². The van der Waals surface area contributed by atoms with Gasteiger partial charge in [-0.05, 0) is 37.8 Å². The molecule has 0 aromatic carbocycles. The maximum absolute atomic E-state index is 6.41. The molecular formula is C11H18N4. The summed E-state index contributed by atoms with van der Waals surface area (Å²) in [6.45, 7) is 2.20. The number of nitrogens with one attached hydrogen (secondary N) is 1. The van der Waals surface area contributed by atoms with E-state index in [-0.39, 0.29) is 6.04 Å². The van der Waals surface area contributed by atoms with Gasteiger partial charge in [0.25, 0.3) is 0 Å². The van der Waals surface area contributed by atoms with Gasteiger partial charge in [-0.2, -0.15) is 0 Å². The fourth-order valence-electron chi connectivity index (χ4n) is 3.17. The summed E-state index contributed by atoms with van der Waals surface area (Å²) in [7, 11) is 2.05. The molecule has 1 saturated heterocycles. The molecule has 82 valence electrons. The van der Waals surface area contributed by atoms with E-state index in [2.05, 4.69) is 14.9 Å². The lowest BCUT2D eigenvalue weighted by atomic mass is 9.74. The van der Waals surface area contributed by atoms with Gasteiger partial charge < -0.3 is 15.6 Å². The number of hydrogen-bond acceptors (Lipinski definition) is 3. The maximum Gasteiger partial charge on any atom is 0.0949 e. The van der Waals surface area contributed by atoms with E-state index in [1.807, 2.05) is 13.4 Å². The summed E-state index contributed by atoms with van der Waals surface area (Å²) >= 11 is 0. The summed E-state index contributed by atoms with van der Waals surface area (Å²) in [6.07, 6.45) is 5.33. The number of imidazole rings is 1. The van der Waals surface area contributed by atoms with Crippen LogP contribution in [0, 0.1) is 5.41 Å². The first-order chi connectivity index (χ1) is 7.23. The molecular weight excluding hydrogens is 188 g/mol. The molecule has 1 atom stereocenters. The summed E-state index contributed by atoms with van der Waals surface area (Å²) in [5.74, 6) is 0. The Morgan fingerprint density at radius 3 is 2.93 bits per heavy atom. The van der Waals surface area contributed by atoms with Crippen LogP contribution in [0.1, 0.15) is 30.3 Å². The van der Waals surface area contributed by atoms with Crippen LogP contribution >= 0.6 is 0 Å². The number of hydrogen-bond donors (Lipinski definition) is 2. The maximum atomic E-state index is 6.41. The predicted molar refractivity (Wildman–Crippen MR) is 58.4 cm³/mol. The van der Waals surface area contributed by atoms with Gasteiger partial charge >= 0.3 is 0 Å². The van der Waals surface area contributed by atoms with Gasteiger partial charge in [0.2, 0.25) is 0 Å². The van der Waals surface area contributed by atoms with Crippen LogP contribution in [0.4, 0.5) is 0 Å². The zero-order chi connectivity index (χ0) is 10.5. The average Bonchev–Trinajstić information content (AvgIpc) is 2.71. The molecule has 1 aliphatic heterocycles. The number of aromatic nitrogens is 2. The quantitative estimate of drug-likeness (QED) is 0.644. The van der Waals surface area contributed by atoms with Crippen molar-refractivity contribution in [1.29, 1.82) is 0 Å². The van der Waals surface area contributed by atoms with Gasteiger partial charge in [0.15, 0.2) is 0 Å². The van der Waals surface area contributed by atoms with Crippen molar-refractivity contribution in [3.8, 4) is 0 Å². The molecule has 3 rings (SSSR count). The Balaban J connectivity index is 1.98. The van der Waals surface area contributed by atoms with Crippen molar-refractivity contribution < 1.29 is 0 Å². The van der Waals surface area contributed by atoms with Crippen molar-refractivity contribution in [2.24, 2.45) is 18.2 Å². The molecule has 1 aliphatic carbocycles. The Bertz CT molecular complexity index is 376. The minimum Gasteiger partial charge on any atom is -0.336 e. The van der Waals surface area contributed by atoms with Crippen LogP contribution < -0.4 is 11.1 Å². The number of nitrogens with two attached hydrogens (primary N) is 1. The van der Waals surface area contributed by atoms with E-state index in [1.165, 1.54) is 24.2 Å². The average molecular weight is 206 g/mol. The highest BCUT2D eigenvalue weighted by molar-refractivity contribution is 5.29. The number of aryl methyl sites for hydroxylation is 1. The third kappa shape index (κ3) is 1.18. The second-order valence-electron chi connectivity index (χ2n) is 4.95. The predicted octanol–water partition coefficient (Wildman–Crippen LogP) is 0.346. The monoisotopic (exact) mass is 206 g/mol. The van der Waals surface area contributed by atoms with E-state index in [1.54, 1.807) is 0 Å². The minimum atomic E-state index is 0.182. The van der Waals surface area contributed by atoms with Gasteiger partial charge in [-0.3, -0.25) is 0 Å². The summed E-state index contributed by atoms with van der Waals surface area (Å²) in [5, 5.41) is 3.41. The first-order valence-electron chi connectivity index (χ1n) is 5.69. The van der Waals surface area contributed by atoms with Gasteiger partial charge in [-0.15, -0.1) is 0 Å². The van der Waals surface area contributed by atoms with Gasteiger partial charge in [-0.1, -0.05) is 0 Å². The highest BCUT2D eigenvalue weighted by Gasteiger charge is 2.46. The molecule has 0 bridgehead atoms. The fourth-order valence-corrected chi connectivity index (χ4v) is 3.17. The van der Waals surface area contributed by atoms with Crippen LogP contribution in [0.2, 0.25) is 0 Å². The summed E-state index contributed by atoms with van der Waals surface area (Å²) in [6, 6.07) is 0.182. The number of rotatable bonds is 0. The lowest BCUT2D eigenvalue weighted by Crippen LogP contribution is -2.42. The molecule has 2 aliphatic rings. The summed E-state index contributed by atoms with van der Waals surface area (Å²) in [5.41, 5.74) is 9.20. The summed E-state index contributed by atoms with van der Waals surface area (Å²) in [4.78, 5) is 4.46. The Labute approximate surface area is 89.9 Å². The van der Waals surface area contributed by atoms with Gasteiger partial charge in [0, 0.05) is 7.05 Å². The van der Waals surface area contributed by atoms with Crippen molar-refractivity contribution in [3.63, 3.8) is 0 Å². The molecule has 4 nitrogen and oxygen atoms in total. The fraction of sp³-hybridized carbons (Fsp3) is 0.727. The van der Waals surface area contributed by atoms with Crippen molar-refractivity contribution in [2.45, 2.75) is 25.3 Å². The lowest BCUT2D eigenvalue weighted by Gasteiger charge is -2.37.